The fraction of sp³-hybridized carbons (Fsp3) is 0.417. The van der Waals surface area contributed by atoms with Crippen LogP contribution in [0.15, 0.2) is 24.3 Å². The van der Waals surface area contributed by atoms with Crippen molar-refractivity contribution in [1.82, 2.24) is 5.32 Å². The highest BCUT2D eigenvalue weighted by Crippen LogP contribution is 2.16. The van der Waals surface area contributed by atoms with Crippen molar-refractivity contribution in [3.05, 3.63) is 29.8 Å². The first kappa shape index (κ1) is 12.8. The third-order valence-corrected chi connectivity index (χ3v) is 2.51. The summed E-state index contributed by atoms with van der Waals surface area (Å²) in [6.07, 6.45) is 2.06. The first-order valence-corrected chi connectivity index (χ1v) is 6.00. The maximum Gasteiger partial charge on any atom is 0.319 e. The Kier molecular flexibility index (Phi) is 5.72. The number of benzene rings is 1. The first-order valence-electron chi connectivity index (χ1n) is 5.46. The van der Waals surface area contributed by atoms with Crippen LogP contribution >= 0.6 is 11.6 Å². The molecule has 1 rings (SSSR count). The van der Waals surface area contributed by atoms with E-state index in [0.29, 0.717) is 12.4 Å². The van der Waals surface area contributed by atoms with Gasteiger partial charge in [0.25, 0.3) is 0 Å². The smallest absolute Gasteiger partial charge is 0.319 e. The molecule has 1 aromatic rings. The lowest BCUT2D eigenvalue weighted by atomic mass is 10.2. The molecule has 0 bridgehead atoms. The van der Waals surface area contributed by atoms with E-state index < -0.39 is 0 Å². The summed E-state index contributed by atoms with van der Waals surface area (Å²) in [5.41, 5.74) is 1.70. The van der Waals surface area contributed by atoms with Gasteiger partial charge in [-0.15, -0.1) is 11.6 Å². The van der Waals surface area contributed by atoms with Crippen molar-refractivity contribution in [1.29, 1.82) is 0 Å². The minimum absolute atomic E-state index is 0.175. The van der Waals surface area contributed by atoms with Gasteiger partial charge in [-0.2, -0.15) is 0 Å². The Balaban J connectivity index is 2.49. The van der Waals surface area contributed by atoms with E-state index in [4.69, 9.17) is 11.6 Å². The van der Waals surface area contributed by atoms with Crippen LogP contribution in [0.1, 0.15) is 25.3 Å². The summed E-state index contributed by atoms with van der Waals surface area (Å²) >= 11 is 5.77. The van der Waals surface area contributed by atoms with Crippen LogP contribution < -0.4 is 10.6 Å². The molecule has 0 unspecified atom stereocenters. The molecule has 0 aliphatic carbocycles. The molecule has 3 nitrogen and oxygen atoms in total. The van der Waals surface area contributed by atoms with E-state index in [0.717, 1.165) is 24.1 Å². The highest BCUT2D eigenvalue weighted by Gasteiger charge is 2.04. The number of alkyl halides is 1. The number of halogens is 1. The molecular weight excluding hydrogens is 224 g/mol. The maximum absolute atomic E-state index is 11.5. The number of para-hydroxylation sites is 1. The van der Waals surface area contributed by atoms with Crippen LogP contribution in [0.2, 0.25) is 0 Å². The predicted molar refractivity (Wildman–Crippen MR) is 67.9 cm³/mol. The summed E-state index contributed by atoms with van der Waals surface area (Å²) in [4.78, 5) is 11.5. The van der Waals surface area contributed by atoms with Crippen molar-refractivity contribution in [2.75, 3.05) is 11.9 Å². The largest absolute Gasteiger partial charge is 0.338 e. The Morgan fingerprint density at radius 3 is 2.81 bits per heavy atom. The molecule has 2 N–H and O–H groups in total. The molecule has 16 heavy (non-hydrogen) atoms. The molecule has 0 radical (unpaired) electrons. The lowest BCUT2D eigenvalue weighted by Gasteiger charge is -2.09. The average molecular weight is 241 g/mol. The second-order valence-corrected chi connectivity index (χ2v) is 3.79. The number of unbranched alkanes of at least 4 members (excludes halogenated alkanes) is 1. The first-order chi connectivity index (χ1) is 7.77. The number of amides is 2. The summed E-state index contributed by atoms with van der Waals surface area (Å²) in [5.74, 6) is 0.394. The molecule has 0 saturated heterocycles. The lowest BCUT2D eigenvalue weighted by molar-refractivity contribution is 0.252. The van der Waals surface area contributed by atoms with Gasteiger partial charge in [-0.1, -0.05) is 31.5 Å². The number of hydrogen-bond acceptors (Lipinski definition) is 1. The van der Waals surface area contributed by atoms with E-state index >= 15 is 0 Å². The number of nitrogens with one attached hydrogen (secondary N) is 2. The third-order valence-electron chi connectivity index (χ3n) is 2.23. The van der Waals surface area contributed by atoms with Gasteiger partial charge in [0.1, 0.15) is 0 Å². The van der Waals surface area contributed by atoms with Crippen LogP contribution in [0.25, 0.3) is 0 Å². The Hall–Kier alpha value is -1.22. The topological polar surface area (TPSA) is 41.1 Å². The fourth-order valence-corrected chi connectivity index (χ4v) is 1.54. The van der Waals surface area contributed by atoms with Gasteiger partial charge >= 0.3 is 6.03 Å². The van der Waals surface area contributed by atoms with Crippen LogP contribution in [0, 0.1) is 0 Å². The quantitative estimate of drug-likeness (QED) is 0.602. The highest BCUT2D eigenvalue weighted by molar-refractivity contribution is 6.17. The second kappa shape index (κ2) is 7.12. The highest BCUT2D eigenvalue weighted by atomic mass is 35.5. The number of anilines is 1. The summed E-state index contributed by atoms with van der Waals surface area (Å²) in [7, 11) is 0. The second-order valence-electron chi connectivity index (χ2n) is 3.53. The minimum Gasteiger partial charge on any atom is -0.338 e. The zero-order valence-corrected chi connectivity index (χ0v) is 10.2. The SMILES string of the molecule is CCCCNC(=O)Nc1ccccc1CCl. The van der Waals surface area contributed by atoms with Crippen molar-refractivity contribution in [3.8, 4) is 0 Å². The lowest BCUT2D eigenvalue weighted by Crippen LogP contribution is -2.29. The summed E-state index contributed by atoms with van der Waals surface area (Å²) in [6.45, 7) is 2.79. The fourth-order valence-electron chi connectivity index (χ4n) is 1.30. The Morgan fingerprint density at radius 1 is 1.38 bits per heavy atom. The molecule has 0 aliphatic rings. The van der Waals surface area contributed by atoms with E-state index in [2.05, 4.69) is 17.6 Å². The number of hydrogen-bond donors (Lipinski definition) is 2. The van der Waals surface area contributed by atoms with Crippen LogP contribution in [-0.2, 0) is 5.88 Å². The van der Waals surface area contributed by atoms with Gasteiger partial charge in [0.2, 0.25) is 0 Å². The molecule has 1 aromatic carbocycles. The predicted octanol–water partition coefficient (Wildman–Crippen LogP) is 3.35. The third kappa shape index (κ3) is 4.11. The van der Waals surface area contributed by atoms with Gasteiger partial charge < -0.3 is 10.6 Å². The molecule has 0 aliphatic heterocycles. The molecule has 0 atom stereocenters. The zero-order chi connectivity index (χ0) is 11.8. The normalized spacial score (nSPS) is 9.88. The van der Waals surface area contributed by atoms with Gasteiger partial charge in [0.15, 0.2) is 0 Å². The van der Waals surface area contributed by atoms with Gasteiger partial charge in [-0.25, -0.2) is 4.79 Å². The van der Waals surface area contributed by atoms with Crippen molar-refractivity contribution < 1.29 is 4.79 Å². The zero-order valence-electron chi connectivity index (χ0n) is 9.42. The Labute approximate surface area is 101 Å². The van der Waals surface area contributed by atoms with E-state index in [1.54, 1.807) is 0 Å². The standard InChI is InChI=1S/C12H17ClN2O/c1-2-3-8-14-12(16)15-11-7-5-4-6-10(11)9-13/h4-7H,2-3,8-9H2,1H3,(H2,14,15,16). The molecule has 4 heteroatoms. The molecular formula is C12H17ClN2O. The number of carbonyl (C=O) groups is 1. The van der Waals surface area contributed by atoms with E-state index in [9.17, 15) is 4.79 Å². The number of urea groups is 1. The monoisotopic (exact) mass is 240 g/mol. The Bertz CT molecular complexity index is 342. The van der Waals surface area contributed by atoms with Gasteiger partial charge in [0, 0.05) is 18.1 Å². The van der Waals surface area contributed by atoms with Crippen LogP contribution in [0.4, 0.5) is 10.5 Å². The maximum atomic E-state index is 11.5. The molecule has 0 aromatic heterocycles. The van der Waals surface area contributed by atoms with Gasteiger partial charge in [-0.05, 0) is 18.1 Å². The molecule has 0 saturated carbocycles. The Morgan fingerprint density at radius 2 is 2.12 bits per heavy atom. The van der Waals surface area contributed by atoms with Crippen LogP contribution in [0.3, 0.4) is 0 Å². The number of carbonyl (C=O) groups excluding carboxylic acids is 1. The van der Waals surface area contributed by atoms with Crippen molar-refractivity contribution in [3.63, 3.8) is 0 Å². The molecule has 88 valence electrons. The molecule has 0 spiro atoms. The van der Waals surface area contributed by atoms with Crippen LogP contribution in [0.5, 0.6) is 0 Å². The number of rotatable bonds is 5. The average Bonchev–Trinajstić information content (AvgIpc) is 2.30. The minimum atomic E-state index is -0.175. The van der Waals surface area contributed by atoms with Crippen molar-refractivity contribution in [2.45, 2.75) is 25.6 Å². The van der Waals surface area contributed by atoms with Gasteiger partial charge in [-0.3, -0.25) is 0 Å². The van der Waals surface area contributed by atoms with E-state index in [-0.39, 0.29) is 6.03 Å². The molecule has 2 amide bonds. The summed E-state index contributed by atoms with van der Waals surface area (Å²) in [6, 6.07) is 7.34. The van der Waals surface area contributed by atoms with Crippen LogP contribution in [-0.4, -0.2) is 12.6 Å². The van der Waals surface area contributed by atoms with E-state index in [1.165, 1.54) is 0 Å². The molecule has 0 fully saturated rings. The summed E-state index contributed by atoms with van der Waals surface area (Å²) in [5, 5.41) is 5.58. The van der Waals surface area contributed by atoms with Crippen molar-refractivity contribution in [2.24, 2.45) is 0 Å². The van der Waals surface area contributed by atoms with Gasteiger partial charge in [0.05, 0.1) is 0 Å². The van der Waals surface area contributed by atoms with E-state index in [1.807, 2.05) is 24.3 Å². The molecule has 0 heterocycles. The van der Waals surface area contributed by atoms with Crippen molar-refractivity contribution >= 4 is 23.3 Å². The summed E-state index contributed by atoms with van der Waals surface area (Å²) < 4.78 is 0.